The van der Waals surface area contributed by atoms with E-state index in [4.69, 9.17) is 4.74 Å². The molecule has 27 heavy (non-hydrogen) atoms. The van der Waals surface area contributed by atoms with Crippen LogP contribution in [0.2, 0.25) is 0 Å². The van der Waals surface area contributed by atoms with Crippen molar-refractivity contribution < 1.29 is 17.9 Å². The molecule has 7 nitrogen and oxygen atoms in total. The number of hydrogen-bond acceptors (Lipinski definition) is 5. The van der Waals surface area contributed by atoms with Gasteiger partial charge in [-0.3, -0.25) is 0 Å². The van der Waals surface area contributed by atoms with Gasteiger partial charge in [-0.15, -0.1) is 0 Å². The van der Waals surface area contributed by atoms with Gasteiger partial charge in [0.1, 0.15) is 5.60 Å². The Morgan fingerprint density at radius 1 is 1.19 bits per heavy atom. The minimum absolute atomic E-state index is 0.108. The molecule has 2 aliphatic heterocycles. The van der Waals surface area contributed by atoms with Crippen molar-refractivity contribution in [1.29, 1.82) is 0 Å². The molecular formula is C19H35N3O4S. The van der Waals surface area contributed by atoms with E-state index in [0.29, 0.717) is 11.3 Å². The highest BCUT2D eigenvalue weighted by molar-refractivity contribution is 7.88. The van der Waals surface area contributed by atoms with E-state index in [0.717, 1.165) is 64.8 Å². The van der Waals surface area contributed by atoms with Gasteiger partial charge < -0.3 is 14.5 Å². The van der Waals surface area contributed by atoms with Crippen LogP contribution in [0, 0.1) is 11.3 Å². The summed E-state index contributed by atoms with van der Waals surface area (Å²) in [5, 5.41) is 0. The fourth-order valence-corrected chi connectivity index (χ4v) is 5.68. The van der Waals surface area contributed by atoms with Crippen LogP contribution in [0.3, 0.4) is 0 Å². The van der Waals surface area contributed by atoms with Crippen LogP contribution >= 0.6 is 0 Å². The highest BCUT2D eigenvalue weighted by Gasteiger charge is 2.46. The highest BCUT2D eigenvalue weighted by Crippen LogP contribution is 2.44. The first-order valence-electron chi connectivity index (χ1n) is 10.1. The molecular weight excluding hydrogens is 366 g/mol. The van der Waals surface area contributed by atoms with Crippen LogP contribution in [0.5, 0.6) is 0 Å². The summed E-state index contributed by atoms with van der Waals surface area (Å²) in [6.07, 6.45) is 6.18. The van der Waals surface area contributed by atoms with E-state index in [2.05, 4.69) is 9.62 Å². The maximum atomic E-state index is 12.2. The number of carbonyl (C=O) groups is 1. The van der Waals surface area contributed by atoms with Crippen LogP contribution in [0.15, 0.2) is 0 Å². The molecule has 3 rings (SSSR count). The van der Waals surface area contributed by atoms with E-state index in [1.54, 1.807) is 0 Å². The smallest absolute Gasteiger partial charge is 0.410 e. The van der Waals surface area contributed by atoms with Crippen molar-refractivity contribution in [2.75, 3.05) is 39.0 Å². The highest BCUT2D eigenvalue weighted by atomic mass is 32.2. The molecule has 0 bridgehead atoms. The molecule has 0 radical (unpaired) electrons. The van der Waals surface area contributed by atoms with Gasteiger partial charge in [-0.25, -0.2) is 17.9 Å². The van der Waals surface area contributed by atoms with Crippen LogP contribution in [0.25, 0.3) is 0 Å². The number of carbonyl (C=O) groups excluding carboxylic acids is 1. The monoisotopic (exact) mass is 401 g/mol. The zero-order valence-electron chi connectivity index (χ0n) is 17.2. The first kappa shape index (κ1) is 20.9. The topological polar surface area (TPSA) is 79.0 Å². The van der Waals surface area contributed by atoms with Gasteiger partial charge in [0.25, 0.3) is 0 Å². The number of hydrogen-bond donors (Lipinski definition) is 1. The molecule has 1 N–H and O–H groups in total. The maximum Gasteiger partial charge on any atom is 0.410 e. The Morgan fingerprint density at radius 3 is 2.37 bits per heavy atom. The first-order valence-corrected chi connectivity index (χ1v) is 12.0. The maximum absolute atomic E-state index is 12.2. The summed E-state index contributed by atoms with van der Waals surface area (Å²) < 4.78 is 31.0. The van der Waals surface area contributed by atoms with Crippen LogP contribution in [0.4, 0.5) is 4.79 Å². The minimum atomic E-state index is -3.10. The molecule has 2 saturated heterocycles. The van der Waals surface area contributed by atoms with Crippen molar-refractivity contribution in [3.8, 4) is 0 Å². The van der Waals surface area contributed by atoms with E-state index in [9.17, 15) is 13.2 Å². The van der Waals surface area contributed by atoms with Crippen LogP contribution in [-0.4, -0.2) is 74.9 Å². The molecule has 1 spiro atoms. The Morgan fingerprint density at radius 2 is 1.81 bits per heavy atom. The molecule has 156 valence electrons. The zero-order chi connectivity index (χ0) is 19.9. The summed E-state index contributed by atoms with van der Waals surface area (Å²) in [6, 6.07) is 0.108. The van der Waals surface area contributed by atoms with Gasteiger partial charge in [-0.2, -0.15) is 0 Å². The van der Waals surface area contributed by atoms with Crippen molar-refractivity contribution >= 4 is 16.1 Å². The summed E-state index contributed by atoms with van der Waals surface area (Å²) in [6.45, 7) is 10.6. The SMILES string of the molecule is CC(C)(C)OC(=O)N1CC[C@H](CN2CC3(CCC(NS(C)(=O)=O)CC3)C2)C1. The molecule has 1 atom stereocenters. The van der Waals surface area contributed by atoms with Gasteiger partial charge in [0, 0.05) is 38.8 Å². The molecule has 8 heteroatoms. The summed E-state index contributed by atoms with van der Waals surface area (Å²) in [5.41, 5.74) is -0.0526. The summed E-state index contributed by atoms with van der Waals surface area (Å²) in [5.74, 6) is 0.526. The van der Waals surface area contributed by atoms with Gasteiger partial charge in [0.2, 0.25) is 10.0 Å². The van der Waals surface area contributed by atoms with Crippen LogP contribution < -0.4 is 4.72 Å². The van der Waals surface area contributed by atoms with Crippen molar-refractivity contribution in [1.82, 2.24) is 14.5 Å². The van der Waals surface area contributed by atoms with E-state index >= 15 is 0 Å². The van der Waals surface area contributed by atoms with Crippen LogP contribution in [0.1, 0.15) is 52.9 Å². The predicted molar refractivity (Wildman–Crippen MR) is 105 cm³/mol. The summed E-state index contributed by atoms with van der Waals surface area (Å²) in [4.78, 5) is 16.5. The molecule has 3 fully saturated rings. The van der Waals surface area contributed by atoms with Crippen LogP contribution in [-0.2, 0) is 14.8 Å². The van der Waals surface area contributed by atoms with Crippen molar-refractivity contribution in [3.05, 3.63) is 0 Å². The van der Waals surface area contributed by atoms with Gasteiger partial charge in [0.05, 0.1) is 6.26 Å². The second-order valence-electron chi connectivity index (χ2n) is 9.91. The molecule has 2 heterocycles. The van der Waals surface area contributed by atoms with E-state index in [1.807, 2.05) is 25.7 Å². The molecule has 1 amide bonds. The lowest BCUT2D eigenvalue weighted by molar-refractivity contribution is -0.0395. The largest absolute Gasteiger partial charge is 0.444 e. The third-order valence-electron chi connectivity index (χ3n) is 6.00. The van der Waals surface area contributed by atoms with Crippen molar-refractivity contribution in [3.63, 3.8) is 0 Å². The predicted octanol–water partition coefficient (Wildman–Crippen LogP) is 2.04. The molecule has 0 unspecified atom stereocenters. The van der Waals surface area contributed by atoms with Gasteiger partial charge in [-0.05, 0) is 64.2 Å². The average molecular weight is 402 g/mol. The summed E-state index contributed by atoms with van der Waals surface area (Å²) >= 11 is 0. The molecule has 0 aromatic heterocycles. The molecule has 1 saturated carbocycles. The van der Waals surface area contributed by atoms with E-state index < -0.39 is 15.6 Å². The second kappa shape index (κ2) is 7.52. The number of likely N-dealkylation sites (tertiary alicyclic amines) is 2. The standard InChI is InChI=1S/C19H35N3O4S/c1-18(2,3)26-17(23)22-10-7-15(12-22)11-21-13-19(14-21)8-5-16(6-9-19)20-27(4,24)25/h15-16,20H,5-14H2,1-4H3/t15-/m1/s1. The Labute approximate surface area is 163 Å². The number of amides is 1. The fourth-order valence-electron chi connectivity index (χ4n) is 4.84. The molecule has 0 aromatic rings. The Balaban J connectivity index is 1.37. The Kier molecular flexibility index (Phi) is 5.81. The second-order valence-corrected chi connectivity index (χ2v) is 11.7. The van der Waals surface area contributed by atoms with Gasteiger partial charge in [0.15, 0.2) is 0 Å². The Bertz CT molecular complexity index is 642. The van der Waals surface area contributed by atoms with E-state index in [1.165, 1.54) is 6.26 Å². The fraction of sp³-hybridized carbons (Fsp3) is 0.947. The number of ether oxygens (including phenoxy) is 1. The lowest BCUT2D eigenvalue weighted by Gasteiger charge is -2.54. The lowest BCUT2D eigenvalue weighted by atomic mass is 9.67. The van der Waals surface area contributed by atoms with E-state index in [-0.39, 0.29) is 12.1 Å². The number of sulfonamides is 1. The van der Waals surface area contributed by atoms with Crippen molar-refractivity contribution in [2.24, 2.45) is 11.3 Å². The van der Waals surface area contributed by atoms with Gasteiger partial charge in [-0.1, -0.05) is 0 Å². The zero-order valence-corrected chi connectivity index (χ0v) is 18.0. The lowest BCUT2D eigenvalue weighted by Crippen LogP contribution is -2.59. The average Bonchev–Trinajstić information content (AvgIpc) is 2.93. The number of nitrogens with zero attached hydrogens (tertiary/aromatic N) is 2. The normalized spacial score (nSPS) is 27.0. The molecule has 3 aliphatic rings. The third-order valence-corrected chi connectivity index (χ3v) is 6.76. The summed E-state index contributed by atoms with van der Waals surface area (Å²) in [7, 11) is -3.10. The van der Waals surface area contributed by atoms with Gasteiger partial charge >= 0.3 is 6.09 Å². The molecule has 0 aromatic carbocycles. The quantitative estimate of drug-likeness (QED) is 0.780. The van der Waals surface area contributed by atoms with Crippen molar-refractivity contribution in [2.45, 2.75) is 64.5 Å². The number of nitrogens with one attached hydrogen (secondary N) is 1. The third kappa shape index (κ3) is 5.81. The molecule has 1 aliphatic carbocycles. The number of rotatable bonds is 4. The first-order chi connectivity index (χ1) is 12.4. The Hall–Kier alpha value is -0.860. The minimum Gasteiger partial charge on any atom is -0.444 e.